The van der Waals surface area contributed by atoms with Crippen molar-refractivity contribution in [2.75, 3.05) is 19.6 Å². The summed E-state index contributed by atoms with van der Waals surface area (Å²) in [6.45, 7) is 4.24. The van der Waals surface area contributed by atoms with Crippen LogP contribution >= 0.6 is 11.6 Å². The number of ether oxygens (including phenoxy) is 2. The zero-order valence-electron chi connectivity index (χ0n) is 22.8. The van der Waals surface area contributed by atoms with Gasteiger partial charge in [0.15, 0.2) is 6.29 Å². The Balaban J connectivity index is 1.28. The summed E-state index contributed by atoms with van der Waals surface area (Å²) in [6, 6.07) is 23.3. The first-order chi connectivity index (χ1) is 19.3. The van der Waals surface area contributed by atoms with Crippen molar-refractivity contribution in [2.24, 2.45) is 0 Å². The van der Waals surface area contributed by atoms with E-state index >= 15 is 0 Å². The number of halogens is 1. The lowest BCUT2D eigenvalue weighted by atomic mass is 9.84. The quantitative estimate of drug-likeness (QED) is 0.357. The summed E-state index contributed by atoms with van der Waals surface area (Å²) in [5.74, 6) is -0.0646. The summed E-state index contributed by atoms with van der Waals surface area (Å²) in [5, 5.41) is 24.3. The summed E-state index contributed by atoms with van der Waals surface area (Å²) in [5.41, 5.74) is 3.89. The van der Waals surface area contributed by atoms with Crippen molar-refractivity contribution in [3.05, 3.63) is 106 Å². The van der Waals surface area contributed by atoms with Crippen molar-refractivity contribution >= 4 is 17.5 Å². The maximum Gasteiger partial charge on any atom is 0.217 e. The summed E-state index contributed by atoms with van der Waals surface area (Å²) in [6.07, 6.45) is 1.22. The summed E-state index contributed by atoms with van der Waals surface area (Å²) in [4.78, 5) is 13.6. The molecule has 1 amide bonds. The van der Waals surface area contributed by atoms with E-state index in [4.69, 9.17) is 21.1 Å². The van der Waals surface area contributed by atoms with Gasteiger partial charge in [0.25, 0.3) is 0 Å². The van der Waals surface area contributed by atoms with Gasteiger partial charge in [-0.1, -0.05) is 72.3 Å². The van der Waals surface area contributed by atoms with Crippen LogP contribution in [0, 0.1) is 0 Å². The molecule has 0 bridgehead atoms. The van der Waals surface area contributed by atoms with E-state index in [2.05, 4.69) is 10.2 Å². The number of benzene rings is 3. The van der Waals surface area contributed by atoms with Crippen LogP contribution in [0.25, 0.3) is 0 Å². The zero-order chi connectivity index (χ0) is 28.1. The third kappa shape index (κ3) is 7.10. The van der Waals surface area contributed by atoms with E-state index in [9.17, 15) is 15.0 Å². The number of rotatable bonds is 8. The third-order valence-electron chi connectivity index (χ3n) is 7.93. The van der Waals surface area contributed by atoms with E-state index in [1.165, 1.54) is 6.92 Å². The number of hydrogen-bond donors (Lipinski definition) is 3. The van der Waals surface area contributed by atoms with Crippen LogP contribution in [-0.2, 0) is 33.0 Å². The van der Waals surface area contributed by atoms with Crippen LogP contribution in [0.2, 0.25) is 5.02 Å². The minimum absolute atomic E-state index is 0.00231. The molecule has 8 heteroatoms. The highest BCUT2D eigenvalue weighted by Crippen LogP contribution is 2.39. The SMILES string of the molecule is CC(=O)NCc1ccc(C2OC(CN3CCC(O)(c4ccc(Cl)cc4)CC3)CC(c3ccc(CO)cc3)O2)cc1. The largest absolute Gasteiger partial charge is 0.392 e. The predicted molar refractivity (Wildman–Crippen MR) is 153 cm³/mol. The van der Waals surface area contributed by atoms with Crippen LogP contribution in [0.1, 0.15) is 66.4 Å². The fourth-order valence-corrected chi connectivity index (χ4v) is 5.62. The fraction of sp³-hybridized carbons (Fsp3) is 0.406. The van der Waals surface area contributed by atoms with Crippen molar-refractivity contribution in [3.63, 3.8) is 0 Å². The second-order valence-electron chi connectivity index (χ2n) is 10.8. The number of aliphatic hydroxyl groups is 2. The van der Waals surface area contributed by atoms with E-state index in [1.54, 1.807) is 0 Å². The summed E-state index contributed by atoms with van der Waals surface area (Å²) >= 11 is 6.05. The zero-order valence-corrected chi connectivity index (χ0v) is 23.5. The average molecular weight is 565 g/mol. The first kappa shape index (κ1) is 28.7. The summed E-state index contributed by atoms with van der Waals surface area (Å²) in [7, 11) is 0. The van der Waals surface area contributed by atoms with E-state index in [-0.39, 0.29) is 24.7 Å². The second kappa shape index (κ2) is 12.8. The Labute approximate surface area is 240 Å². The molecule has 3 unspecified atom stereocenters. The molecule has 2 heterocycles. The molecule has 2 fully saturated rings. The number of amides is 1. The van der Waals surface area contributed by atoms with Gasteiger partial charge in [0.05, 0.1) is 24.4 Å². The van der Waals surface area contributed by atoms with E-state index in [0.29, 0.717) is 30.8 Å². The molecule has 40 heavy (non-hydrogen) atoms. The molecule has 3 aromatic carbocycles. The topological polar surface area (TPSA) is 91.3 Å². The molecule has 0 spiro atoms. The molecule has 0 radical (unpaired) electrons. The molecule has 2 aliphatic rings. The van der Waals surface area contributed by atoms with Crippen LogP contribution in [0.15, 0.2) is 72.8 Å². The van der Waals surface area contributed by atoms with Crippen molar-refractivity contribution in [1.82, 2.24) is 10.2 Å². The van der Waals surface area contributed by atoms with Crippen molar-refractivity contribution in [2.45, 2.75) is 63.4 Å². The third-order valence-corrected chi connectivity index (χ3v) is 8.19. The van der Waals surface area contributed by atoms with Crippen molar-refractivity contribution in [1.29, 1.82) is 0 Å². The first-order valence-corrected chi connectivity index (χ1v) is 14.2. The number of hydrogen-bond acceptors (Lipinski definition) is 6. The average Bonchev–Trinajstić information content (AvgIpc) is 2.98. The number of likely N-dealkylation sites (tertiary alicyclic amines) is 1. The number of nitrogens with one attached hydrogen (secondary N) is 1. The maximum atomic E-state index is 11.3. The lowest BCUT2D eigenvalue weighted by molar-refractivity contribution is -0.253. The van der Waals surface area contributed by atoms with Gasteiger partial charge in [0, 0.05) is 50.1 Å². The molecule has 0 aliphatic carbocycles. The molecular formula is C32H37ClN2O5. The van der Waals surface area contributed by atoms with Crippen LogP contribution in [0.5, 0.6) is 0 Å². The van der Waals surface area contributed by atoms with Crippen LogP contribution < -0.4 is 5.32 Å². The maximum absolute atomic E-state index is 11.3. The van der Waals surface area contributed by atoms with Crippen molar-refractivity contribution < 1.29 is 24.5 Å². The second-order valence-corrected chi connectivity index (χ2v) is 11.3. The Morgan fingerprint density at radius 2 is 1.57 bits per heavy atom. The molecule has 2 saturated heterocycles. The molecule has 2 aliphatic heterocycles. The normalized spacial score (nSPS) is 23.1. The number of nitrogens with zero attached hydrogens (tertiary/aromatic N) is 1. The monoisotopic (exact) mass is 564 g/mol. The van der Waals surface area contributed by atoms with E-state index in [0.717, 1.165) is 47.5 Å². The molecule has 7 nitrogen and oxygen atoms in total. The Morgan fingerprint density at radius 1 is 0.950 bits per heavy atom. The predicted octanol–water partition coefficient (Wildman–Crippen LogP) is 5.00. The molecule has 0 saturated carbocycles. The van der Waals surface area contributed by atoms with Gasteiger partial charge in [0.1, 0.15) is 0 Å². The first-order valence-electron chi connectivity index (χ1n) is 13.9. The van der Waals surface area contributed by atoms with Gasteiger partial charge in [-0.05, 0) is 47.2 Å². The van der Waals surface area contributed by atoms with Gasteiger partial charge in [-0.3, -0.25) is 4.79 Å². The molecule has 212 valence electrons. The van der Waals surface area contributed by atoms with Gasteiger partial charge < -0.3 is 29.9 Å². The summed E-state index contributed by atoms with van der Waals surface area (Å²) < 4.78 is 13.0. The number of aliphatic hydroxyl groups excluding tert-OH is 1. The Bertz CT molecular complexity index is 1260. The minimum atomic E-state index is -0.851. The molecule has 5 rings (SSSR count). The molecule has 3 atom stereocenters. The standard InChI is InChI=1S/C32H37ClN2O5/c1-22(37)34-19-23-2-8-26(9-3-23)31-39-29(18-30(40-31)25-6-4-24(21-36)5-7-25)20-35-16-14-32(38,15-17-35)27-10-12-28(33)13-11-27/h2-13,29-31,36,38H,14-21H2,1H3,(H,34,37). The van der Waals surface area contributed by atoms with Crippen LogP contribution in [0.4, 0.5) is 0 Å². The molecular weight excluding hydrogens is 528 g/mol. The van der Waals surface area contributed by atoms with Crippen molar-refractivity contribution in [3.8, 4) is 0 Å². The number of carbonyl (C=O) groups excluding carboxylic acids is 1. The lowest BCUT2D eigenvalue weighted by Crippen LogP contribution is -2.46. The van der Waals surface area contributed by atoms with E-state index < -0.39 is 11.9 Å². The highest BCUT2D eigenvalue weighted by atomic mass is 35.5. The Morgan fingerprint density at radius 3 is 2.20 bits per heavy atom. The van der Waals surface area contributed by atoms with Gasteiger partial charge in [-0.25, -0.2) is 0 Å². The minimum Gasteiger partial charge on any atom is -0.392 e. The van der Waals surface area contributed by atoms with E-state index in [1.807, 2.05) is 72.8 Å². The van der Waals surface area contributed by atoms with Gasteiger partial charge in [-0.2, -0.15) is 0 Å². The van der Waals surface area contributed by atoms with Gasteiger partial charge in [0.2, 0.25) is 5.91 Å². The molecule has 0 aromatic heterocycles. The van der Waals surface area contributed by atoms with Crippen LogP contribution in [-0.4, -0.2) is 46.8 Å². The molecule has 3 N–H and O–H groups in total. The number of piperidine rings is 1. The Hall–Kier alpha value is -2.78. The lowest BCUT2D eigenvalue weighted by Gasteiger charge is -2.42. The molecule has 3 aromatic rings. The Kier molecular flexibility index (Phi) is 9.20. The number of carbonyl (C=O) groups is 1. The smallest absolute Gasteiger partial charge is 0.217 e. The highest BCUT2D eigenvalue weighted by molar-refractivity contribution is 6.30. The van der Waals surface area contributed by atoms with Gasteiger partial charge in [-0.15, -0.1) is 0 Å². The highest BCUT2D eigenvalue weighted by Gasteiger charge is 2.37. The van der Waals surface area contributed by atoms with Crippen LogP contribution in [0.3, 0.4) is 0 Å². The fourth-order valence-electron chi connectivity index (χ4n) is 5.49. The van der Waals surface area contributed by atoms with Gasteiger partial charge >= 0.3 is 0 Å².